The van der Waals surface area contributed by atoms with Crippen LogP contribution in [0.15, 0.2) is 12.4 Å². The summed E-state index contributed by atoms with van der Waals surface area (Å²) in [7, 11) is -3.97. The fourth-order valence-corrected chi connectivity index (χ4v) is 2.10. The van der Waals surface area contributed by atoms with Crippen molar-refractivity contribution >= 4 is 16.3 Å². The number of ether oxygens (including phenoxy) is 1. The minimum atomic E-state index is -3.97. The van der Waals surface area contributed by atoms with Gasteiger partial charge >= 0.3 is 16.3 Å². The van der Waals surface area contributed by atoms with Crippen LogP contribution in [0.1, 0.15) is 32.4 Å². The standard InChI is InChI=1S/C9H16N4O4S/c1-6(2)17-9(14)13-18(15,16)12-7(3)8-4-10-11-5-8/h4-7,12H,1-3H3,(H,10,11)(H,13,14). The molecule has 102 valence electrons. The molecule has 3 N–H and O–H groups in total. The third-order valence-electron chi connectivity index (χ3n) is 1.91. The highest BCUT2D eigenvalue weighted by Gasteiger charge is 2.20. The van der Waals surface area contributed by atoms with Crippen LogP contribution in [0.2, 0.25) is 0 Å². The lowest BCUT2D eigenvalue weighted by Gasteiger charge is -2.14. The Morgan fingerprint density at radius 1 is 1.44 bits per heavy atom. The van der Waals surface area contributed by atoms with E-state index in [1.807, 2.05) is 0 Å². The lowest BCUT2D eigenvalue weighted by Crippen LogP contribution is -2.42. The summed E-state index contributed by atoms with van der Waals surface area (Å²) in [5, 5.41) is 6.27. The molecule has 0 fully saturated rings. The zero-order valence-electron chi connectivity index (χ0n) is 10.3. The molecule has 1 aromatic rings. The summed E-state index contributed by atoms with van der Waals surface area (Å²) in [6, 6.07) is -0.520. The van der Waals surface area contributed by atoms with Gasteiger partial charge < -0.3 is 4.74 Å². The Kier molecular flexibility index (Phi) is 4.68. The van der Waals surface area contributed by atoms with Gasteiger partial charge in [-0.3, -0.25) is 5.10 Å². The molecule has 0 aliphatic rings. The van der Waals surface area contributed by atoms with E-state index in [4.69, 9.17) is 0 Å². The summed E-state index contributed by atoms with van der Waals surface area (Å²) >= 11 is 0. The molecule has 1 heterocycles. The Labute approximate surface area is 105 Å². The first-order valence-electron chi connectivity index (χ1n) is 5.29. The number of carbonyl (C=O) groups is 1. The minimum Gasteiger partial charge on any atom is -0.446 e. The van der Waals surface area contributed by atoms with Crippen molar-refractivity contribution < 1.29 is 17.9 Å². The second-order valence-corrected chi connectivity index (χ2v) is 5.38. The highest BCUT2D eigenvalue weighted by molar-refractivity contribution is 7.88. The molecule has 8 nitrogen and oxygen atoms in total. The van der Waals surface area contributed by atoms with E-state index in [2.05, 4.69) is 19.7 Å². The van der Waals surface area contributed by atoms with Crippen LogP contribution < -0.4 is 9.44 Å². The van der Waals surface area contributed by atoms with E-state index >= 15 is 0 Å². The quantitative estimate of drug-likeness (QED) is 0.722. The molecule has 0 bridgehead atoms. The van der Waals surface area contributed by atoms with Crippen molar-refractivity contribution in [1.82, 2.24) is 19.6 Å². The molecular formula is C9H16N4O4S. The van der Waals surface area contributed by atoms with Gasteiger partial charge in [-0.25, -0.2) is 9.52 Å². The molecule has 0 aliphatic heterocycles. The van der Waals surface area contributed by atoms with Crippen LogP contribution in [-0.4, -0.2) is 30.8 Å². The topological polar surface area (TPSA) is 113 Å². The molecule has 18 heavy (non-hydrogen) atoms. The average molecular weight is 276 g/mol. The largest absolute Gasteiger partial charge is 0.446 e. The zero-order chi connectivity index (χ0) is 13.8. The van der Waals surface area contributed by atoms with E-state index < -0.39 is 28.4 Å². The molecule has 1 atom stereocenters. The van der Waals surface area contributed by atoms with E-state index in [0.717, 1.165) is 0 Å². The molecular weight excluding hydrogens is 260 g/mol. The van der Waals surface area contributed by atoms with Crippen LogP contribution in [0.3, 0.4) is 0 Å². The number of amides is 1. The number of aromatic nitrogens is 2. The van der Waals surface area contributed by atoms with Crippen LogP contribution >= 0.6 is 0 Å². The second kappa shape index (κ2) is 5.83. The first-order chi connectivity index (χ1) is 8.30. The van der Waals surface area contributed by atoms with Crippen molar-refractivity contribution in [3.05, 3.63) is 18.0 Å². The first-order valence-corrected chi connectivity index (χ1v) is 6.78. The van der Waals surface area contributed by atoms with Crippen LogP contribution in [0.25, 0.3) is 0 Å². The van der Waals surface area contributed by atoms with Gasteiger partial charge in [0.05, 0.1) is 12.3 Å². The molecule has 0 aliphatic carbocycles. The molecule has 0 aromatic carbocycles. The third-order valence-corrected chi connectivity index (χ3v) is 3.01. The van der Waals surface area contributed by atoms with Crippen LogP contribution in [0.5, 0.6) is 0 Å². The van der Waals surface area contributed by atoms with Gasteiger partial charge in [-0.2, -0.15) is 18.2 Å². The summed E-state index contributed by atoms with van der Waals surface area (Å²) in [6.07, 6.45) is 1.63. The number of H-pyrrole nitrogens is 1. The van der Waals surface area contributed by atoms with E-state index in [-0.39, 0.29) is 0 Å². The van der Waals surface area contributed by atoms with Crippen LogP contribution in [0.4, 0.5) is 4.79 Å². The van der Waals surface area contributed by atoms with Crippen molar-refractivity contribution in [1.29, 1.82) is 0 Å². The molecule has 1 unspecified atom stereocenters. The van der Waals surface area contributed by atoms with Gasteiger partial charge in [0.25, 0.3) is 0 Å². The van der Waals surface area contributed by atoms with Gasteiger partial charge in [0, 0.05) is 17.8 Å². The number of carbonyl (C=O) groups excluding carboxylic acids is 1. The summed E-state index contributed by atoms with van der Waals surface area (Å²) in [5.41, 5.74) is 0.651. The number of hydrogen-bond donors (Lipinski definition) is 3. The van der Waals surface area contributed by atoms with Crippen molar-refractivity contribution in [3.8, 4) is 0 Å². The number of hydrogen-bond acceptors (Lipinski definition) is 5. The molecule has 1 amide bonds. The van der Waals surface area contributed by atoms with E-state index in [1.54, 1.807) is 31.7 Å². The number of nitrogens with zero attached hydrogens (tertiary/aromatic N) is 1. The molecule has 0 saturated carbocycles. The molecule has 1 aromatic heterocycles. The van der Waals surface area contributed by atoms with Crippen LogP contribution in [-0.2, 0) is 14.9 Å². The highest BCUT2D eigenvalue weighted by Crippen LogP contribution is 2.09. The SMILES string of the molecule is CC(C)OC(=O)NS(=O)(=O)NC(C)c1cn[nH]c1. The van der Waals surface area contributed by atoms with Crippen molar-refractivity contribution in [2.45, 2.75) is 32.9 Å². The fraction of sp³-hybridized carbons (Fsp3) is 0.556. The third kappa shape index (κ3) is 4.72. The predicted molar refractivity (Wildman–Crippen MR) is 63.8 cm³/mol. The maximum Gasteiger partial charge on any atom is 0.422 e. The predicted octanol–water partition coefficient (Wildman–Crippen LogP) is 0.440. The number of rotatable bonds is 5. The fourth-order valence-electron chi connectivity index (χ4n) is 1.18. The van der Waals surface area contributed by atoms with Gasteiger partial charge in [-0.15, -0.1) is 0 Å². The lowest BCUT2D eigenvalue weighted by molar-refractivity contribution is 0.121. The van der Waals surface area contributed by atoms with Gasteiger partial charge in [-0.05, 0) is 20.8 Å². The molecule has 0 saturated heterocycles. The normalized spacial score (nSPS) is 13.3. The van der Waals surface area contributed by atoms with Gasteiger partial charge in [0.15, 0.2) is 0 Å². The van der Waals surface area contributed by atoms with Crippen LogP contribution in [0, 0.1) is 0 Å². The number of aromatic amines is 1. The second-order valence-electron chi connectivity index (χ2n) is 3.93. The maximum atomic E-state index is 11.6. The van der Waals surface area contributed by atoms with E-state index in [1.165, 1.54) is 6.20 Å². The van der Waals surface area contributed by atoms with E-state index in [0.29, 0.717) is 5.56 Å². The lowest BCUT2D eigenvalue weighted by atomic mass is 10.2. The average Bonchev–Trinajstić information content (AvgIpc) is 2.65. The molecule has 1 rings (SSSR count). The Morgan fingerprint density at radius 3 is 2.61 bits per heavy atom. The Bertz CT molecular complexity index is 483. The van der Waals surface area contributed by atoms with Crippen molar-refractivity contribution in [2.24, 2.45) is 0 Å². The van der Waals surface area contributed by atoms with E-state index in [9.17, 15) is 13.2 Å². The summed E-state index contributed by atoms with van der Waals surface area (Å²) in [4.78, 5) is 11.2. The van der Waals surface area contributed by atoms with Gasteiger partial charge in [-0.1, -0.05) is 0 Å². The van der Waals surface area contributed by atoms with Gasteiger partial charge in [0.2, 0.25) is 0 Å². The smallest absolute Gasteiger partial charge is 0.422 e. The molecule has 0 spiro atoms. The zero-order valence-corrected chi connectivity index (χ0v) is 11.1. The monoisotopic (exact) mass is 276 g/mol. The summed E-state index contributed by atoms with van der Waals surface area (Å²) in [5.74, 6) is 0. The van der Waals surface area contributed by atoms with Crippen molar-refractivity contribution in [2.75, 3.05) is 0 Å². The Balaban J connectivity index is 2.57. The van der Waals surface area contributed by atoms with Crippen molar-refractivity contribution in [3.63, 3.8) is 0 Å². The van der Waals surface area contributed by atoms with Gasteiger partial charge in [0.1, 0.15) is 0 Å². The summed E-state index contributed by atoms with van der Waals surface area (Å²) < 4.78 is 31.8. The Hall–Kier alpha value is -1.61. The highest BCUT2D eigenvalue weighted by atomic mass is 32.2. The Morgan fingerprint density at radius 2 is 2.11 bits per heavy atom. The first kappa shape index (κ1) is 14.5. The maximum absolute atomic E-state index is 11.6. The number of nitrogens with one attached hydrogen (secondary N) is 3. The summed E-state index contributed by atoms with van der Waals surface area (Å²) in [6.45, 7) is 4.86. The molecule has 0 radical (unpaired) electrons. The molecule has 9 heteroatoms. The minimum absolute atomic E-state index is 0.397.